The number of nitrogens with zero attached hydrogens (tertiary/aromatic N) is 1. The van der Waals surface area contributed by atoms with E-state index in [0.29, 0.717) is 19.4 Å². The minimum Gasteiger partial charge on any atom is -0.466 e. The number of likely N-dealkylation sites (tertiary alicyclic amines) is 1. The van der Waals surface area contributed by atoms with Crippen LogP contribution in [-0.4, -0.2) is 41.8 Å². The largest absolute Gasteiger partial charge is 0.466 e. The number of esters is 1. The molecule has 0 unspecified atom stereocenters. The Morgan fingerprint density at radius 3 is 2.35 bits per heavy atom. The molecule has 0 aliphatic carbocycles. The SMILES string of the molecule is COC(=O)/C=C1/CCN(C(=O)OC(C)(C)C)C(C)(C)C1. The fourth-order valence-corrected chi connectivity index (χ4v) is 2.30. The third-order valence-corrected chi connectivity index (χ3v) is 3.18. The van der Waals surface area contributed by atoms with Crippen molar-refractivity contribution in [3.05, 3.63) is 11.6 Å². The normalized spacial score (nSPS) is 20.7. The van der Waals surface area contributed by atoms with Crippen molar-refractivity contribution in [2.24, 2.45) is 0 Å². The van der Waals surface area contributed by atoms with E-state index in [1.165, 1.54) is 13.2 Å². The van der Waals surface area contributed by atoms with E-state index in [1.54, 1.807) is 4.90 Å². The maximum Gasteiger partial charge on any atom is 0.410 e. The van der Waals surface area contributed by atoms with Crippen LogP contribution in [-0.2, 0) is 14.3 Å². The molecule has 1 amide bonds. The predicted molar refractivity (Wildman–Crippen MR) is 76.4 cm³/mol. The van der Waals surface area contributed by atoms with Crippen LogP contribution in [0.3, 0.4) is 0 Å². The van der Waals surface area contributed by atoms with Gasteiger partial charge in [-0.3, -0.25) is 0 Å². The minimum absolute atomic E-state index is 0.306. The summed E-state index contributed by atoms with van der Waals surface area (Å²) < 4.78 is 10.1. The molecule has 0 bridgehead atoms. The molecular formula is C15H25NO4. The number of rotatable bonds is 1. The molecule has 5 heteroatoms. The highest BCUT2D eigenvalue weighted by molar-refractivity contribution is 5.82. The molecule has 1 fully saturated rings. The molecule has 20 heavy (non-hydrogen) atoms. The van der Waals surface area contributed by atoms with Gasteiger partial charge in [0.2, 0.25) is 0 Å². The molecule has 0 aromatic carbocycles. The number of hydrogen-bond acceptors (Lipinski definition) is 4. The summed E-state index contributed by atoms with van der Waals surface area (Å²) in [5, 5.41) is 0. The maximum atomic E-state index is 12.2. The van der Waals surface area contributed by atoms with E-state index >= 15 is 0 Å². The molecule has 1 heterocycles. The van der Waals surface area contributed by atoms with E-state index < -0.39 is 5.60 Å². The highest BCUT2D eigenvalue weighted by atomic mass is 16.6. The van der Waals surface area contributed by atoms with Gasteiger partial charge < -0.3 is 14.4 Å². The molecule has 0 aromatic heterocycles. The van der Waals surface area contributed by atoms with Gasteiger partial charge in [0.15, 0.2) is 0 Å². The number of hydrogen-bond donors (Lipinski definition) is 0. The van der Waals surface area contributed by atoms with Crippen molar-refractivity contribution in [3.8, 4) is 0 Å². The molecule has 1 aliphatic heterocycles. The van der Waals surface area contributed by atoms with Gasteiger partial charge in [-0.05, 0) is 47.5 Å². The van der Waals surface area contributed by atoms with Crippen molar-refractivity contribution in [1.29, 1.82) is 0 Å². The van der Waals surface area contributed by atoms with Crippen LogP contribution in [0.2, 0.25) is 0 Å². The summed E-state index contributed by atoms with van der Waals surface area (Å²) in [5.41, 5.74) is 0.122. The number of ether oxygens (including phenoxy) is 2. The second kappa shape index (κ2) is 5.85. The molecule has 0 N–H and O–H groups in total. The lowest BCUT2D eigenvalue weighted by Gasteiger charge is -2.43. The first-order valence-corrected chi connectivity index (χ1v) is 6.83. The van der Waals surface area contributed by atoms with Crippen molar-refractivity contribution in [2.45, 2.75) is 58.6 Å². The third kappa shape index (κ3) is 4.54. The smallest absolute Gasteiger partial charge is 0.410 e. The summed E-state index contributed by atoms with van der Waals surface area (Å²) in [5.74, 6) is -0.346. The minimum atomic E-state index is -0.505. The van der Waals surface area contributed by atoms with Crippen LogP contribution in [0.1, 0.15) is 47.5 Å². The number of carbonyl (C=O) groups excluding carboxylic acids is 2. The van der Waals surface area contributed by atoms with Gasteiger partial charge in [0.1, 0.15) is 5.60 Å². The van der Waals surface area contributed by atoms with Gasteiger partial charge in [-0.2, -0.15) is 0 Å². The third-order valence-electron chi connectivity index (χ3n) is 3.18. The van der Waals surface area contributed by atoms with Crippen LogP contribution in [0.25, 0.3) is 0 Å². The Labute approximate surface area is 120 Å². The molecular weight excluding hydrogens is 258 g/mol. The molecule has 0 radical (unpaired) electrons. The predicted octanol–water partition coefficient (Wildman–Crippen LogP) is 2.90. The molecule has 0 saturated carbocycles. The Balaban J connectivity index is 2.78. The van der Waals surface area contributed by atoms with Crippen molar-refractivity contribution in [1.82, 2.24) is 4.90 Å². The van der Waals surface area contributed by atoms with E-state index in [4.69, 9.17) is 4.74 Å². The molecule has 0 aromatic rings. The molecule has 5 nitrogen and oxygen atoms in total. The summed E-state index contributed by atoms with van der Waals surface area (Å²) in [6, 6.07) is 0. The maximum absolute atomic E-state index is 12.2. The summed E-state index contributed by atoms with van der Waals surface area (Å²) in [4.78, 5) is 25.2. The number of methoxy groups -OCH3 is 1. The number of amides is 1. The fourth-order valence-electron chi connectivity index (χ4n) is 2.30. The lowest BCUT2D eigenvalue weighted by atomic mass is 9.87. The monoisotopic (exact) mass is 283 g/mol. The van der Waals surface area contributed by atoms with Crippen molar-refractivity contribution >= 4 is 12.1 Å². The second-order valence-electron chi connectivity index (χ2n) is 6.70. The van der Waals surface area contributed by atoms with Crippen LogP contribution in [0.5, 0.6) is 0 Å². The topological polar surface area (TPSA) is 55.8 Å². The van der Waals surface area contributed by atoms with Crippen LogP contribution >= 0.6 is 0 Å². The Bertz CT molecular complexity index is 418. The van der Waals surface area contributed by atoms with Gasteiger partial charge in [0, 0.05) is 18.2 Å². The summed E-state index contributed by atoms with van der Waals surface area (Å²) in [6.07, 6.45) is 2.52. The van der Waals surface area contributed by atoms with Gasteiger partial charge in [-0.25, -0.2) is 9.59 Å². The summed E-state index contributed by atoms with van der Waals surface area (Å²) in [6.45, 7) is 10.0. The highest BCUT2D eigenvalue weighted by Gasteiger charge is 2.37. The van der Waals surface area contributed by atoms with Crippen molar-refractivity contribution in [2.75, 3.05) is 13.7 Å². The van der Waals surface area contributed by atoms with Crippen molar-refractivity contribution < 1.29 is 19.1 Å². The number of carbonyl (C=O) groups is 2. The Hall–Kier alpha value is -1.52. The summed E-state index contributed by atoms with van der Waals surface area (Å²) in [7, 11) is 1.36. The van der Waals surface area contributed by atoms with Gasteiger partial charge in [0.25, 0.3) is 0 Å². The lowest BCUT2D eigenvalue weighted by Crippen LogP contribution is -2.52. The van der Waals surface area contributed by atoms with Gasteiger partial charge in [0.05, 0.1) is 7.11 Å². The first kappa shape index (κ1) is 16.5. The lowest BCUT2D eigenvalue weighted by molar-refractivity contribution is -0.134. The zero-order chi connectivity index (χ0) is 15.6. The second-order valence-corrected chi connectivity index (χ2v) is 6.70. The van der Waals surface area contributed by atoms with E-state index in [0.717, 1.165) is 5.57 Å². The molecule has 1 aliphatic rings. The van der Waals surface area contributed by atoms with Crippen LogP contribution in [0.4, 0.5) is 4.79 Å². The zero-order valence-electron chi connectivity index (χ0n) is 13.3. The van der Waals surface area contributed by atoms with E-state index in [1.807, 2.05) is 34.6 Å². The zero-order valence-corrected chi connectivity index (χ0v) is 13.3. The van der Waals surface area contributed by atoms with E-state index in [9.17, 15) is 9.59 Å². The first-order chi connectivity index (χ1) is 9.05. The molecule has 114 valence electrons. The van der Waals surface area contributed by atoms with Crippen molar-refractivity contribution in [3.63, 3.8) is 0 Å². The van der Waals surface area contributed by atoms with Crippen LogP contribution < -0.4 is 0 Å². The molecule has 1 saturated heterocycles. The Morgan fingerprint density at radius 1 is 1.30 bits per heavy atom. The standard InChI is InChI=1S/C15H25NO4/c1-14(2,3)20-13(18)16-8-7-11(9-12(17)19-6)10-15(16,4)5/h9H,7-8,10H2,1-6H3/b11-9-. The average Bonchev–Trinajstić information content (AvgIpc) is 2.24. The fraction of sp³-hybridized carbons (Fsp3) is 0.733. The van der Waals surface area contributed by atoms with Gasteiger partial charge in [-0.1, -0.05) is 5.57 Å². The molecule has 1 rings (SSSR count). The molecule has 0 atom stereocenters. The van der Waals surface area contributed by atoms with Gasteiger partial charge in [-0.15, -0.1) is 0 Å². The summed E-state index contributed by atoms with van der Waals surface area (Å²) >= 11 is 0. The quantitative estimate of drug-likeness (QED) is 0.548. The Morgan fingerprint density at radius 2 is 1.90 bits per heavy atom. The van der Waals surface area contributed by atoms with E-state index in [-0.39, 0.29) is 17.6 Å². The van der Waals surface area contributed by atoms with Crippen LogP contribution in [0.15, 0.2) is 11.6 Å². The average molecular weight is 283 g/mol. The first-order valence-electron chi connectivity index (χ1n) is 6.83. The van der Waals surface area contributed by atoms with Crippen LogP contribution in [0, 0.1) is 0 Å². The molecule has 0 spiro atoms. The highest BCUT2D eigenvalue weighted by Crippen LogP contribution is 2.32. The van der Waals surface area contributed by atoms with E-state index in [2.05, 4.69) is 4.74 Å². The van der Waals surface area contributed by atoms with Gasteiger partial charge >= 0.3 is 12.1 Å². The Kier molecular flexibility index (Phi) is 4.84. The number of piperidine rings is 1.